The maximum atomic E-state index is 13.6. The van der Waals surface area contributed by atoms with Gasteiger partial charge in [0.25, 0.3) is 0 Å². The van der Waals surface area contributed by atoms with Crippen LogP contribution in [-0.4, -0.2) is 11.1 Å². The SMILES string of the molecule is O=C(O)Cc1ccc(CNc2ccc(Br)cc2F)s1. The Morgan fingerprint density at radius 1 is 1.32 bits per heavy atom. The lowest BCUT2D eigenvalue weighted by molar-refractivity contribution is -0.136. The first-order chi connectivity index (χ1) is 9.04. The van der Waals surface area contributed by atoms with Crippen LogP contribution in [0.4, 0.5) is 10.1 Å². The van der Waals surface area contributed by atoms with E-state index in [1.54, 1.807) is 18.2 Å². The normalized spacial score (nSPS) is 10.4. The van der Waals surface area contributed by atoms with Crippen molar-refractivity contribution >= 4 is 38.9 Å². The van der Waals surface area contributed by atoms with E-state index in [0.29, 0.717) is 16.7 Å². The summed E-state index contributed by atoms with van der Waals surface area (Å²) >= 11 is 4.61. The summed E-state index contributed by atoms with van der Waals surface area (Å²) in [6, 6.07) is 8.45. The Kier molecular flexibility index (Phi) is 4.55. The molecule has 2 aromatic rings. The zero-order valence-electron chi connectivity index (χ0n) is 9.82. The number of aliphatic carboxylic acids is 1. The van der Waals surface area contributed by atoms with E-state index in [4.69, 9.17) is 5.11 Å². The molecule has 0 unspecified atom stereocenters. The summed E-state index contributed by atoms with van der Waals surface area (Å²) in [5, 5.41) is 11.7. The summed E-state index contributed by atoms with van der Waals surface area (Å²) in [6.07, 6.45) is 0.0251. The molecule has 0 aliphatic heterocycles. The molecule has 6 heteroatoms. The van der Waals surface area contributed by atoms with Gasteiger partial charge in [-0.15, -0.1) is 11.3 Å². The minimum Gasteiger partial charge on any atom is -0.481 e. The second-order valence-corrected chi connectivity index (χ2v) is 6.08. The zero-order valence-corrected chi connectivity index (χ0v) is 12.2. The van der Waals surface area contributed by atoms with Gasteiger partial charge in [0.05, 0.1) is 12.1 Å². The Balaban J connectivity index is 1.98. The third kappa shape index (κ3) is 4.04. The molecule has 1 aromatic heterocycles. The van der Waals surface area contributed by atoms with E-state index < -0.39 is 5.97 Å². The molecular formula is C13H11BrFNO2S. The molecule has 0 aliphatic rings. The van der Waals surface area contributed by atoms with Gasteiger partial charge in [0.15, 0.2) is 0 Å². The van der Waals surface area contributed by atoms with Gasteiger partial charge in [-0.05, 0) is 30.3 Å². The summed E-state index contributed by atoms with van der Waals surface area (Å²) in [4.78, 5) is 12.3. The number of benzene rings is 1. The van der Waals surface area contributed by atoms with Gasteiger partial charge in [-0.1, -0.05) is 15.9 Å². The van der Waals surface area contributed by atoms with E-state index in [1.807, 2.05) is 6.07 Å². The van der Waals surface area contributed by atoms with Crippen LogP contribution >= 0.6 is 27.3 Å². The van der Waals surface area contributed by atoms with Crippen LogP contribution in [0.2, 0.25) is 0 Å². The number of halogens is 2. The number of thiophene rings is 1. The number of anilines is 1. The predicted octanol–water partition coefficient (Wildman–Crippen LogP) is 3.89. The van der Waals surface area contributed by atoms with Gasteiger partial charge >= 0.3 is 5.97 Å². The van der Waals surface area contributed by atoms with Crippen LogP contribution in [0.5, 0.6) is 0 Å². The van der Waals surface area contributed by atoms with Gasteiger partial charge in [0, 0.05) is 20.8 Å². The molecule has 3 nitrogen and oxygen atoms in total. The van der Waals surface area contributed by atoms with Gasteiger partial charge in [0.2, 0.25) is 0 Å². The van der Waals surface area contributed by atoms with Crippen LogP contribution in [0.1, 0.15) is 9.75 Å². The first-order valence-corrected chi connectivity index (χ1v) is 7.14. The summed E-state index contributed by atoms with van der Waals surface area (Å²) in [5.74, 6) is -1.17. The first-order valence-electron chi connectivity index (χ1n) is 5.53. The number of carbonyl (C=O) groups is 1. The van der Waals surface area contributed by atoms with Crippen molar-refractivity contribution in [1.29, 1.82) is 0 Å². The Morgan fingerprint density at radius 2 is 2.05 bits per heavy atom. The van der Waals surface area contributed by atoms with Crippen molar-refractivity contribution in [2.24, 2.45) is 0 Å². The Morgan fingerprint density at radius 3 is 2.74 bits per heavy atom. The van der Waals surface area contributed by atoms with Crippen molar-refractivity contribution in [2.45, 2.75) is 13.0 Å². The molecule has 0 saturated carbocycles. The van der Waals surface area contributed by atoms with Gasteiger partial charge in [-0.2, -0.15) is 0 Å². The molecule has 0 spiro atoms. The average molecular weight is 344 g/mol. The average Bonchev–Trinajstić information content (AvgIpc) is 2.74. The lowest BCUT2D eigenvalue weighted by Gasteiger charge is -2.06. The second-order valence-electron chi connectivity index (χ2n) is 3.92. The number of nitrogens with one attached hydrogen (secondary N) is 1. The first kappa shape index (κ1) is 14.0. The fraction of sp³-hybridized carbons (Fsp3) is 0.154. The van der Waals surface area contributed by atoms with E-state index in [1.165, 1.54) is 17.4 Å². The third-order valence-electron chi connectivity index (χ3n) is 2.43. The van der Waals surface area contributed by atoms with Crippen LogP contribution < -0.4 is 5.32 Å². The molecule has 0 fully saturated rings. The molecule has 0 bridgehead atoms. The van der Waals surface area contributed by atoms with E-state index in [0.717, 1.165) is 9.75 Å². The molecule has 0 atom stereocenters. The Labute approximate surface area is 122 Å². The number of carboxylic acid groups (broad SMARTS) is 1. The summed E-state index contributed by atoms with van der Waals surface area (Å²) in [7, 11) is 0. The number of carboxylic acids is 1. The van der Waals surface area contributed by atoms with Crippen LogP contribution in [0.15, 0.2) is 34.8 Å². The third-order valence-corrected chi connectivity index (χ3v) is 4.01. The molecule has 0 saturated heterocycles. The molecule has 0 radical (unpaired) electrons. The van der Waals surface area contributed by atoms with Crippen molar-refractivity contribution in [2.75, 3.05) is 5.32 Å². The van der Waals surface area contributed by atoms with Crippen LogP contribution in [0.25, 0.3) is 0 Å². The summed E-state index contributed by atoms with van der Waals surface area (Å²) in [6.45, 7) is 0.475. The lowest BCUT2D eigenvalue weighted by Crippen LogP contribution is -1.99. The minimum absolute atomic E-state index is 0.0251. The standard InChI is InChI=1S/C13H11BrFNO2S/c14-8-1-4-12(11(15)5-8)16-7-10-3-2-9(19-10)6-13(17)18/h1-5,16H,6-7H2,(H,17,18). The number of hydrogen-bond acceptors (Lipinski definition) is 3. The van der Waals surface area contributed by atoms with Crippen LogP contribution in [0.3, 0.4) is 0 Å². The number of hydrogen-bond donors (Lipinski definition) is 2. The summed E-state index contributed by atoms with van der Waals surface area (Å²) in [5.41, 5.74) is 0.427. The molecule has 1 aromatic carbocycles. The Bertz CT molecular complexity index is 600. The van der Waals surface area contributed by atoms with E-state index in [9.17, 15) is 9.18 Å². The van der Waals surface area contributed by atoms with Crippen molar-refractivity contribution in [1.82, 2.24) is 0 Å². The van der Waals surface area contributed by atoms with Crippen LogP contribution in [0, 0.1) is 5.82 Å². The highest BCUT2D eigenvalue weighted by Crippen LogP contribution is 2.22. The predicted molar refractivity (Wildman–Crippen MR) is 77.1 cm³/mol. The molecule has 2 N–H and O–H groups in total. The zero-order chi connectivity index (χ0) is 13.8. The highest BCUT2D eigenvalue weighted by atomic mass is 79.9. The van der Waals surface area contributed by atoms with E-state index >= 15 is 0 Å². The fourth-order valence-electron chi connectivity index (χ4n) is 1.58. The topological polar surface area (TPSA) is 49.3 Å². The van der Waals surface area contributed by atoms with Crippen molar-refractivity contribution in [3.05, 3.63) is 50.4 Å². The van der Waals surface area contributed by atoms with E-state index in [2.05, 4.69) is 21.2 Å². The van der Waals surface area contributed by atoms with Crippen molar-refractivity contribution in [3.63, 3.8) is 0 Å². The quantitative estimate of drug-likeness (QED) is 0.865. The fourth-order valence-corrected chi connectivity index (χ4v) is 2.86. The molecule has 1 heterocycles. The molecule has 100 valence electrons. The Hall–Kier alpha value is -1.40. The molecule has 0 aliphatic carbocycles. The molecule has 0 amide bonds. The monoisotopic (exact) mass is 343 g/mol. The minimum atomic E-state index is -0.847. The smallest absolute Gasteiger partial charge is 0.308 e. The molecular weight excluding hydrogens is 333 g/mol. The van der Waals surface area contributed by atoms with Crippen molar-refractivity contribution in [3.8, 4) is 0 Å². The highest BCUT2D eigenvalue weighted by molar-refractivity contribution is 9.10. The van der Waals surface area contributed by atoms with Gasteiger partial charge in [-0.25, -0.2) is 4.39 Å². The van der Waals surface area contributed by atoms with Gasteiger partial charge in [-0.3, -0.25) is 4.79 Å². The van der Waals surface area contributed by atoms with Crippen molar-refractivity contribution < 1.29 is 14.3 Å². The van der Waals surface area contributed by atoms with E-state index in [-0.39, 0.29) is 12.2 Å². The molecule has 2 rings (SSSR count). The molecule has 19 heavy (non-hydrogen) atoms. The van der Waals surface area contributed by atoms with Gasteiger partial charge < -0.3 is 10.4 Å². The summed E-state index contributed by atoms with van der Waals surface area (Å²) < 4.78 is 14.3. The largest absolute Gasteiger partial charge is 0.481 e. The highest BCUT2D eigenvalue weighted by Gasteiger charge is 2.06. The maximum absolute atomic E-state index is 13.6. The lowest BCUT2D eigenvalue weighted by atomic mass is 10.3. The second kappa shape index (κ2) is 6.16. The van der Waals surface area contributed by atoms with Gasteiger partial charge in [0.1, 0.15) is 5.82 Å². The maximum Gasteiger partial charge on any atom is 0.308 e. The van der Waals surface area contributed by atoms with Crippen LogP contribution in [-0.2, 0) is 17.8 Å². The number of rotatable bonds is 5.